The van der Waals surface area contributed by atoms with Crippen molar-refractivity contribution in [2.75, 3.05) is 26.7 Å². The number of hydrogen-bond donors (Lipinski definition) is 1. The number of methoxy groups -OCH3 is 1. The van der Waals surface area contributed by atoms with Crippen LogP contribution in [0.5, 0.6) is 0 Å². The molecule has 5 atom stereocenters. The summed E-state index contributed by atoms with van der Waals surface area (Å²) in [5.74, 6) is 2.46. The van der Waals surface area contributed by atoms with E-state index in [9.17, 15) is 9.59 Å². The lowest BCUT2D eigenvalue weighted by molar-refractivity contribution is -0.123. The highest BCUT2D eigenvalue weighted by Gasteiger charge is 2.52. The molecule has 226 valence electrons. The van der Waals surface area contributed by atoms with Gasteiger partial charge in [-0.3, -0.25) is 14.7 Å². The molecule has 9 heteroatoms. The molecule has 1 saturated heterocycles. The summed E-state index contributed by atoms with van der Waals surface area (Å²) in [6, 6.07) is 0.0761. The minimum Gasteiger partial charge on any atom is -0.381 e. The number of rotatable bonds is 6. The Kier molecular flexibility index (Phi) is 9.99. The summed E-state index contributed by atoms with van der Waals surface area (Å²) in [4.78, 5) is 36.4. The van der Waals surface area contributed by atoms with Crippen molar-refractivity contribution < 1.29 is 19.1 Å². The van der Waals surface area contributed by atoms with Crippen molar-refractivity contribution in [3.8, 4) is 0 Å². The minimum atomic E-state index is -0.0871. The van der Waals surface area contributed by atoms with E-state index in [0.29, 0.717) is 24.9 Å². The van der Waals surface area contributed by atoms with Gasteiger partial charge in [-0.25, -0.2) is 4.79 Å². The van der Waals surface area contributed by atoms with Gasteiger partial charge in [-0.1, -0.05) is 19.8 Å². The van der Waals surface area contributed by atoms with Crippen LogP contribution in [0.3, 0.4) is 0 Å². The highest BCUT2D eigenvalue weighted by Crippen LogP contribution is 2.45. The molecule has 0 aromatic rings. The van der Waals surface area contributed by atoms with Crippen LogP contribution in [0.25, 0.3) is 0 Å². The predicted octanol–water partition coefficient (Wildman–Crippen LogP) is 5.22. The Morgan fingerprint density at radius 2 is 1.73 bits per heavy atom. The van der Waals surface area contributed by atoms with Crippen LogP contribution in [0.15, 0.2) is 4.99 Å². The van der Waals surface area contributed by atoms with Gasteiger partial charge in [0.15, 0.2) is 0 Å². The molecule has 0 spiro atoms. The lowest BCUT2D eigenvalue weighted by atomic mass is 9.72. The van der Waals surface area contributed by atoms with Crippen LogP contribution in [-0.4, -0.2) is 90.1 Å². The zero-order valence-corrected chi connectivity index (χ0v) is 25.8. The molecular formula is C31H51ClN4O4. The number of amidine groups is 1. The van der Waals surface area contributed by atoms with Crippen LogP contribution >= 0.6 is 11.6 Å². The summed E-state index contributed by atoms with van der Waals surface area (Å²) in [5.41, 5.74) is 0. The number of carbonyl (C=O) groups is 2. The fourth-order valence-corrected chi connectivity index (χ4v) is 8.33. The normalized spacial score (nSPS) is 39.3. The number of halogens is 1. The third kappa shape index (κ3) is 6.64. The lowest BCUT2D eigenvalue weighted by Gasteiger charge is -2.44. The van der Waals surface area contributed by atoms with E-state index in [1.807, 2.05) is 0 Å². The van der Waals surface area contributed by atoms with Crippen LogP contribution in [-0.2, 0) is 14.3 Å². The van der Waals surface area contributed by atoms with Crippen molar-refractivity contribution >= 4 is 29.4 Å². The van der Waals surface area contributed by atoms with Gasteiger partial charge in [0.05, 0.1) is 30.4 Å². The predicted molar refractivity (Wildman–Crippen MR) is 158 cm³/mol. The SMILES string of the molecule is COC1CCC(C2=N[C@@H](C3CCC(C)CC3)[C@@H](C3CCC(Cl)CC3)N2C(=O)N2CCNC(=O)C2)C(OC(C)C)C1. The molecule has 2 heterocycles. The molecular weight excluding hydrogens is 528 g/mol. The van der Waals surface area contributed by atoms with Crippen LogP contribution in [0.2, 0.25) is 0 Å². The molecule has 3 saturated carbocycles. The van der Waals surface area contributed by atoms with Crippen LogP contribution in [0, 0.1) is 23.7 Å². The Morgan fingerprint density at radius 1 is 1.02 bits per heavy atom. The second-order valence-corrected chi connectivity index (χ2v) is 14.0. The Bertz CT molecular complexity index is 915. The Morgan fingerprint density at radius 3 is 2.38 bits per heavy atom. The maximum Gasteiger partial charge on any atom is 0.326 e. The highest BCUT2D eigenvalue weighted by atomic mass is 35.5. The van der Waals surface area contributed by atoms with Crippen molar-refractivity contribution in [1.29, 1.82) is 0 Å². The topological polar surface area (TPSA) is 83.5 Å². The number of aliphatic imine (C=N–C) groups is 1. The number of nitrogens with zero attached hydrogens (tertiary/aromatic N) is 3. The first-order chi connectivity index (χ1) is 19.2. The molecule has 3 unspecified atom stereocenters. The van der Waals surface area contributed by atoms with E-state index in [2.05, 4.69) is 31.0 Å². The van der Waals surface area contributed by atoms with Crippen molar-refractivity contribution in [3.63, 3.8) is 0 Å². The minimum absolute atomic E-state index is 0.0231. The van der Waals surface area contributed by atoms with Crippen LogP contribution < -0.4 is 5.32 Å². The summed E-state index contributed by atoms with van der Waals surface area (Å²) in [5, 5.41) is 3.10. The maximum atomic E-state index is 14.5. The Hall–Kier alpha value is -1.38. The van der Waals surface area contributed by atoms with Gasteiger partial charge in [0.2, 0.25) is 5.91 Å². The van der Waals surface area contributed by atoms with Gasteiger partial charge < -0.3 is 19.7 Å². The monoisotopic (exact) mass is 578 g/mol. The second kappa shape index (κ2) is 13.3. The molecule has 1 N–H and O–H groups in total. The molecule has 40 heavy (non-hydrogen) atoms. The highest BCUT2D eigenvalue weighted by molar-refractivity contribution is 6.20. The van der Waals surface area contributed by atoms with E-state index >= 15 is 0 Å². The van der Waals surface area contributed by atoms with Crippen LogP contribution in [0.4, 0.5) is 4.79 Å². The van der Waals surface area contributed by atoms with Crippen molar-refractivity contribution in [2.45, 2.75) is 127 Å². The number of amides is 3. The van der Waals surface area contributed by atoms with E-state index in [0.717, 1.165) is 56.7 Å². The zero-order valence-electron chi connectivity index (χ0n) is 25.0. The Balaban J connectivity index is 1.53. The van der Waals surface area contributed by atoms with E-state index in [-0.39, 0.29) is 60.2 Å². The average Bonchev–Trinajstić information content (AvgIpc) is 3.33. The molecule has 0 bridgehead atoms. The molecule has 0 aromatic carbocycles. The van der Waals surface area contributed by atoms with Crippen LogP contribution in [0.1, 0.15) is 91.4 Å². The molecule has 2 aliphatic heterocycles. The largest absolute Gasteiger partial charge is 0.381 e. The summed E-state index contributed by atoms with van der Waals surface area (Å²) in [6.07, 6.45) is 11.6. The van der Waals surface area contributed by atoms with Gasteiger partial charge in [-0.05, 0) is 83.0 Å². The smallest absolute Gasteiger partial charge is 0.326 e. The number of alkyl halides is 1. The molecule has 3 amide bonds. The van der Waals surface area contributed by atoms with E-state index in [4.69, 9.17) is 26.1 Å². The quantitative estimate of drug-likeness (QED) is 0.438. The number of urea groups is 1. The fraction of sp³-hybridized carbons (Fsp3) is 0.903. The summed E-state index contributed by atoms with van der Waals surface area (Å²) in [6.45, 7) is 7.66. The maximum absolute atomic E-state index is 14.5. The van der Waals surface area contributed by atoms with Gasteiger partial charge in [0.25, 0.3) is 0 Å². The van der Waals surface area contributed by atoms with Gasteiger partial charge in [0.1, 0.15) is 12.4 Å². The molecule has 5 rings (SSSR count). The number of nitrogens with one attached hydrogen (secondary N) is 1. The first-order valence-electron chi connectivity index (χ1n) is 16.0. The van der Waals surface area contributed by atoms with E-state index in [1.54, 1.807) is 12.0 Å². The zero-order chi connectivity index (χ0) is 28.4. The van der Waals surface area contributed by atoms with E-state index < -0.39 is 0 Å². The number of hydrogen-bond acceptors (Lipinski definition) is 5. The van der Waals surface area contributed by atoms with Crippen molar-refractivity contribution in [3.05, 3.63) is 0 Å². The molecule has 5 aliphatic rings. The molecule has 4 fully saturated rings. The van der Waals surface area contributed by atoms with Crippen molar-refractivity contribution in [1.82, 2.24) is 15.1 Å². The fourth-order valence-electron chi connectivity index (χ4n) is 8.07. The van der Waals surface area contributed by atoms with Gasteiger partial charge in [-0.2, -0.15) is 0 Å². The van der Waals surface area contributed by atoms with E-state index in [1.165, 1.54) is 25.7 Å². The summed E-state index contributed by atoms with van der Waals surface area (Å²) in [7, 11) is 1.78. The average molecular weight is 579 g/mol. The molecule has 0 aromatic heterocycles. The molecule has 0 radical (unpaired) electrons. The second-order valence-electron chi connectivity index (χ2n) is 13.4. The third-order valence-electron chi connectivity index (χ3n) is 10.3. The number of piperazine rings is 1. The van der Waals surface area contributed by atoms with Crippen molar-refractivity contribution in [2.24, 2.45) is 28.7 Å². The van der Waals surface area contributed by atoms with Gasteiger partial charge >= 0.3 is 6.03 Å². The third-order valence-corrected chi connectivity index (χ3v) is 10.7. The van der Waals surface area contributed by atoms with Gasteiger partial charge in [0, 0.05) is 37.9 Å². The lowest BCUT2D eigenvalue weighted by Crippen LogP contribution is -2.60. The van der Waals surface area contributed by atoms with Gasteiger partial charge in [-0.15, -0.1) is 11.6 Å². The Labute approximate surface area is 245 Å². The first kappa shape index (κ1) is 30.1. The number of carbonyl (C=O) groups excluding carboxylic acids is 2. The summed E-state index contributed by atoms with van der Waals surface area (Å²) >= 11 is 6.58. The molecule has 8 nitrogen and oxygen atoms in total. The summed E-state index contributed by atoms with van der Waals surface area (Å²) < 4.78 is 12.3. The number of ether oxygens (including phenoxy) is 2. The molecule has 3 aliphatic carbocycles. The standard InChI is InChI=1S/C31H51ClN4O4/c1-19(2)40-26-17-24(39-4)13-14-25(26)30-34-28(21-7-5-20(3)6-8-21)29(22-9-11-23(32)12-10-22)36(30)31(38)35-16-15-33-27(37)18-35/h19-26,28-29H,5-18H2,1-4H3,(H,33,37)/t20?,21?,22?,23?,24?,25?,26?,28-,29+/m0/s1. The first-order valence-corrected chi connectivity index (χ1v) is 16.4.